The Hall–Kier alpha value is -1.01. The zero-order chi connectivity index (χ0) is 10.7. The van der Waals surface area contributed by atoms with E-state index in [0.717, 1.165) is 4.47 Å². The van der Waals surface area contributed by atoms with Gasteiger partial charge < -0.3 is 5.32 Å². The normalized spacial score (nSPS) is 10.3. The predicted octanol–water partition coefficient (Wildman–Crippen LogP) is 3.05. The molecule has 1 aromatic carbocycles. The van der Waals surface area contributed by atoms with Gasteiger partial charge in [-0.1, -0.05) is 33.3 Å². The summed E-state index contributed by atoms with van der Waals surface area (Å²) in [6, 6.07) is 4.98. The van der Waals surface area contributed by atoms with E-state index in [4.69, 9.17) is 0 Å². The van der Waals surface area contributed by atoms with Gasteiger partial charge in [0.05, 0.1) is 0 Å². The maximum absolute atomic E-state index is 13.4. The number of nitrogens with zero attached hydrogens (tertiary/aromatic N) is 2. The first-order chi connectivity index (χ1) is 7.25. The highest BCUT2D eigenvalue weighted by atomic mass is 79.9. The summed E-state index contributed by atoms with van der Waals surface area (Å²) >= 11 is 4.59. The van der Waals surface area contributed by atoms with Crippen LogP contribution in [0, 0.1) is 5.82 Å². The molecule has 0 bridgehead atoms. The molecule has 2 rings (SSSR count). The van der Waals surface area contributed by atoms with Crippen molar-refractivity contribution in [2.45, 2.75) is 6.54 Å². The van der Waals surface area contributed by atoms with Crippen LogP contribution < -0.4 is 5.32 Å². The van der Waals surface area contributed by atoms with E-state index in [9.17, 15) is 4.39 Å². The van der Waals surface area contributed by atoms with Crippen molar-refractivity contribution >= 4 is 32.4 Å². The van der Waals surface area contributed by atoms with Gasteiger partial charge in [0.1, 0.15) is 11.3 Å². The molecule has 1 heterocycles. The summed E-state index contributed by atoms with van der Waals surface area (Å²) in [5, 5.41) is 11.2. The van der Waals surface area contributed by atoms with Crippen molar-refractivity contribution in [3.8, 4) is 0 Å². The lowest BCUT2D eigenvalue weighted by Gasteiger charge is -2.03. The first kappa shape index (κ1) is 10.5. The number of anilines is 1. The number of benzene rings is 1. The van der Waals surface area contributed by atoms with E-state index in [1.165, 1.54) is 17.4 Å². The highest BCUT2D eigenvalue weighted by Gasteiger charge is 2.03. The molecule has 0 aliphatic carbocycles. The first-order valence-corrected chi connectivity index (χ1v) is 5.87. The van der Waals surface area contributed by atoms with Gasteiger partial charge in [0.15, 0.2) is 0 Å². The van der Waals surface area contributed by atoms with Crippen molar-refractivity contribution in [2.75, 3.05) is 5.32 Å². The number of hydrogen-bond acceptors (Lipinski definition) is 4. The zero-order valence-corrected chi connectivity index (χ0v) is 9.98. The average molecular weight is 288 g/mol. The van der Waals surface area contributed by atoms with Crippen LogP contribution in [-0.2, 0) is 6.54 Å². The van der Waals surface area contributed by atoms with E-state index in [2.05, 4.69) is 31.4 Å². The van der Waals surface area contributed by atoms with E-state index in [0.29, 0.717) is 17.2 Å². The first-order valence-electron chi connectivity index (χ1n) is 4.19. The van der Waals surface area contributed by atoms with Crippen molar-refractivity contribution in [1.82, 2.24) is 10.2 Å². The van der Waals surface area contributed by atoms with E-state index < -0.39 is 0 Å². The minimum absolute atomic E-state index is 0.235. The summed E-state index contributed by atoms with van der Waals surface area (Å²) < 4.78 is 14.1. The fourth-order valence-corrected chi connectivity index (χ4v) is 1.86. The van der Waals surface area contributed by atoms with E-state index in [-0.39, 0.29) is 5.82 Å². The lowest BCUT2D eigenvalue weighted by atomic mass is 10.2. The smallest absolute Gasteiger partial charge is 0.205 e. The van der Waals surface area contributed by atoms with Crippen LogP contribution in [0.25, 0.3) is 0 Å². The Labute approximate surface area is 98.5 Å². The van der Waals surface area contributed by atoms with Gasteiger partial charge in [-0.25, -0.2) is 4.39 Å². The standard InChI is InChI=1S/C9H7BrFN3S/c10-7-2-1-6(8(11)3-7)4-12-9-14-13-5-15-9/h1-3,5H,4H2,(H,12,14). The fraction of sp³-hybridized carbons (Fsp3) is 0.111. The molecule has 15 heavy (non-hydrogen) atoms. The minimum atomic E-state index is -0.235. The van der Waals surface area contributed by atoms with E-state index in [1.807, 2.05) is 0 Å². The second-order valence-electron chi connectivity index (χ2n) is 2.83. The molecule has 78 valence electrons. The third-order valence-electron chi connectivity index (χ3n) is 1.81. The van der Waals surface area contributed by atoms with Crippen LogP contribution in [0.3, 0.4) is 0 Å². The Bertz CT molecular complexity index is 447. The SMILES string of the molecule is Fc1cc(Br)ccc1CNc1nncs1. The molecule has 0 saturated heterocycles. The van der Waals surface area contributed by atoms with Crippen LogP contribution in [0.2, 0.25) is 0 Å². The van der Waals surface area contributed by atoms with Crippen molar-refractivity contribution < 1.29 is 4.39 Å². The molecule has 0 atom stereocenters. The molecule has 6 heteroatoms. The summed E-state index contributed by atoms with van der Waals surface area (Å²) in [7, 11) is 0. The lowest BCUT2D eigenvalue weighted by molar-refractivity contribution is 0.612. The molecule has 0 fully saturated rings. The lowest BCUT2D eigenvalue weighted by Crippen LogP contribution is -2.01. The Kier molecular flexibility index (Phi) is 3.27. The van der Waals surface area contributed by atoms with Gasteiger partial charge in [-0.3, -0.25) is 0 Å². The summed E-state index contributed by atoms with van der Waals surface area (Å²) in [5.74, 6) is -0.235. The Balaban J connectivity index is 2.05. The third kappa shape index (κ3) is 2.73. The molecule has 2 aromatic rings. The van der Waals surface area contributed by atoms with Crippen LogP contribution in [-0.4, -0.2) is 10.2 Å². The van der Waals surface area contributed by atoms with Gasteiger partial charge in [-0.2, -0.15) is 0 Å². The molecule has 1 aromatic heterocycles. The molecular formula is C9H7BrFN3S. The summed E-state index contributed by atoms with van der Waals surface area (Å²) in [4.78, 5) is 0. The highest BCUT2D eigenvalue weighted by Crippen LogP contribution is 2.17. The third-order valence-corrected chi connectivity index (χ3v) is 2.95. The molecule has 0 spiro atoms. The largest absolute Gasteiger partial charge is 0.356 e. The maximum atomic E-state index is 13.4. The van der Waals surface area contributed by atoms with Crippen LogP contribution >= 0.6 is 27.3 Å². The fourth-order valence-electron chi connectivity index (χ4n) is 1.09. The van der Waals surface area contributed by atoms with Gasteiger partial charge in [0.2, 0.25) is 5.13 Å². The molecule has 0 aliphatic rings. The Morgan fingerprint density at radius 1 is 1.47 bits per heavy atom. The zero-order valence-electron chi connectivity index (χ0n) is 7.58. The van der Waals surface area contributed by atoms with Gasteiger partial charge >= 0.3 is 0 Å². The van der Waals surface area contributed by atoms with Crippen molar-refractivity contribution in [1.29, 1.82) is 0 Å². The number of aromatic nitrogens is 2. The van der Waals surface area contributed by atoms with E-state index in [1.54, 1.807) is 17.6 Å². The Morgan fingerprint density at radius 2 is 2.33 bits per heavy atom. The molecule has 0 aliphatic heterocycles. The maximum Gasteiger partial charge on any atom is 0.205 e. The summed E-state index contributed by atoms with van der Waals surface area (Å²) in [6.45, 7) is 0.411. The molecule has 1 N–H and O–H groups in total. The monoisotopic (exact) mass is 287 g/mol. The van der Waals surface area contributed by atoms with Crippen molar-refractivity contribution in [2.24, 2.45) is 0 Å². The van der Waals surface area contributed by atoms with Gasteiger partial charge in [-0.05, 0) is 12.1 Å². The average Bonchev–Trinajstić information content (AvgIpc) is 2.69. The van der Waals surface area contributed by atoms with Crippen LogP contribution in [0.15, 0.2) is 28.2 Å². The topological polar surface area (TPSA) is 37.8 Å². The van der Waals surface area contributed by atoms with Crippen LogP contribution in [0.1, 0.15) is 5.56 Å². The van der Waals surface area contributed by atoms with E-state index >= 15 is 0 Å². The Morgan fingerprint density at radius 3 is 3.00 bits per heavy atom. The highest BCUT2D eigenvalue weighted by molar-refractivity contribution is 9.10. The van der Waals surface area contributed by atoms with Gasteiger partial charge in [0.25, 0.3) is 0 Å². The van der Waals surface area contributed by atoms with Gasteiger partial charge in [0, 0.05) is 16.6 Å². The number of nitrogens with one attached hydrogen (secondary N) is 1. The second kappa shape index (κ2) is 4.67. The predicted molar refractivity (Wildman–Crippen MR) is 61.3 cm³/mol. The summed E-state index contributed by atoms with van der Waals surface area (Å²) in [5.41, 5.74) is 2.23. The quantitative estimate of drug-likeness (QED) is 0.943. The number of hydrogen-bond donors (Lipinski definition) is 1. The molecule has 0 radical (unpaired) electrons. The van der Waals surface area contributed by atoms with Crippen LogP contribution in [0.5, 0.6) is 0 Å². The number of halogens is 2. The van der Waals surface area contributed by atoms with Crippen molar-refractivity contribution in [3.63, 3.8) is 0 Å². The molecule has 0 unspecified atom stereocenters. The number of rotatable bonds is 3. The molecule has 0 amide bonds. The second-order valence-corrected chi connectivity index (χ2v) is 4.58. The molecular weight excluding hydrogens is 281 g/mol. The van der Waals surface area contributed by atoms with Gasteiger partial charge in [-0.15, -0.1) is 10.2 Å². The molecule has 0 saturated carbocycles. The minimum Gasteiger partial charge on any atom is -0.356 e. The van der Waals surface area contributed by atoms with Crippen LogP contribution in [0.4, 0.5) is 9.52 Å². The molecule has 3 nitrogen and oxygen atoms in total. The summed E-state index contributed by atoms with van der Waals surface area (Å²) in [6.07, 6.45) is 0. The van der Waals surface area contributed by atoms with Crippen molar-refractivity contribution in [3.05, 3.63) is 39.6 Å².